The van der Waals surface area contributed by atoms with Crippen molar-refractivity contribution < 1.29 is 30.6 Å². The van der Waals surface area contributed by atoms with Crippen molar-refractivity contribution in [3.8, 4) is 0 Å². The third-order valence-electron chi connectivity index (χ3n) is 0. The summed E-state index contributed by atoms with van der Waals surface area (Å²) in [6.07, 6.45) is 6.50. The lowest BCUT2D eigenvalue weighted by Gasteiger charge is -1.80. The number of aliphatic hydroxyl groups excluding tert-OH is 6. The van der Waals surface area contributed by atoms with Gasteiger partial charge in [-0.15, -0.1) is 0 Å². The summed E-state index contributed by atoms with van der Waals surface area (Å²) in [6.45, 7) is 46.2. The molecule has 0 aliphatic heterocycles. The van der Waals surface area contributed by atoms with Crippen LogP contribution in [0.25, 0.3) is 0 Å². The van der Waals surface area contributed by atoms with Gasteiger partial charge in [0.2, 0.25) is 0 Å². The van der Waals surface area contributed by atoms with Crippen LogP contribution in [0.5, 0.6) is 0 Å². The largest absolute Gasteiger partial charge is 0.394 e. The van der Waals surface area contributed by atoms with E-state index in [1.807, 2.05) is 0 Å². The lowest BCUT2D eigenvalue weighted by atomic mass is 10.5. The number of rotatable bonds is 0. The maximum absolute atomic E-state index is 8.06. The summed E-state index contributed by atoms with van der Waals surface area (Å²) in [7, 11) is 0. The topological polar surface area (TPSA) is 121 Å². The molecule has 0 aliphatic carbocycles. The van der Waals surface area contributed by atoms with Gasteiger partial charge in [-0.25, -0.2) is 0 Å². The van der Waals surface area contributed by atoms with E-state index in [9.17, 15) is 0 Å². The highest BCUT2D eigenvalue weighted by atomic mass is 16.3. The van der Waals surface area contributed by atoms with Crippen LogP contribution in [-0.4, -0.2) is 67.3 Å². The maximum Gasteiger partial charge on any atom is 0.0483 e. The van der Waals surface area contributed by atoms with Gasteiger partial charge >= 0.3 is 0 Å². The third kappa shape index (κ3) is 1040000. The predicted octanol–water partition coefficient (Wildman–Crippen LogP) is 10.8. The molecule has 0 aromatic carbocycles. The second-order valence-electron chi connectivity index (χ2n) is 10.8. The van der Waals surface area contributed by atoms with E-state index in [1.165, 1.54) is 38.5 Å². The Balaban J connectivity index is -0.0000000234. The van der Waals surface area contributed by atoms with Crippen LogP contribution >= 0.6 is 0 Å². The molecule has 0 saturated heterocycles. The minimum absolute atomic E-state index is 0.167. The van der Waals surface area contributed by atoms with Crippen molar-refractivity contribution in [2.24, 2.45) is 0 Å². The van der Waals surface area contributed by atoms with Crippen LogP contribution in [-0.2, 0) is 0 Å². The van der Waals surface area contributed by atoms with Gasteiger partial charge in [-0.05, 0) is 83.1 Å². The molecule has 6 N–H and O–H groups in total. The SMILES string of the molecule is CC(C)O.CC(C)O.CC(C)O.CC(C)O.CC(C)O.CC(C)O.CCC.CCC.CCC.CCC.CCC.CCC. The van der Waals surface area contributed by atoms with E-state index in [4.69, 9.17) is 30.6 Å². The zero-order valence-electron chi connectivity index (χ0n) is 34.4. The van der Waals surface area contributed by atoms with Crippen molar-refractivity contribution in [3.63, 3.8) is 0 Å². The third-order valence-corrected chi connectivity index (χ3v) is 0. The fraction of sp³-hybridized carbons (Fsp3) is 1.00. The summed E-state index contributed by atoms with van der Waals surface area (Å²) in [5, 5.41) is 48.3. The Morgan fingerprint density at radius 1 is 0.214 bits per heavy atom. The molecule has 0 rings (SSSR count). The molecule has 0 aliphatic rings. The predicted molar refractivity (Wildman–Crippen MR) is 200 cm³/mol. The molecule has 0 radical (unpaired) electrons. The maximum atomic E-state index is 8.06. The fourth-order valence-electron chi connectivity index (χ4n) is 0. The highest BCUT2D eigenvalue weighted by Crippen LogP contribution is 1.67. The van der Waals surface area contributed by atoms with Crippen LogP contribution in [0.15, 0.2) is 0 Å². The quantitative estimate of drug-likeness (QED) is 0.159. The molecule has 6 heteroatoms. The van der Waals surface area contributed by atoms with E-state index in [2.05, 4.69) is 83.1 Å². The number of hydrogen-bond acceptors (Lipinski definition) is 6. The monoisotopic (exact) mass is 625 g/mol. The first kappa shape index (κ1) is 78.3. The Labute approximate surface area is 271 Å². The van der Waals surface area contributed by atoms with Gasteiger partial charge < -0.3 is 30.6 Å². The Bertz CT molecular complexity index is 154. The van der Waals surface area contributed by atoms with Crippen LogP contribution in [0.4, 0.5) is 0 Å². The molecule has 0 unspecified atom stereocenters. The molecule has 6 nitrogen and oxygen atoms in total. The molecule has 0 aromatic heterocycles. The minimum Gasteiger partial charge on any atom is -0.394 e. The molecule has 276 valence electrons. The molecule has 0 amide bonds. The van der Waals surface area contributed by atoms with Crippen LogP contribution < -0.4 is 0 Å². The summed E-state index contributed by atoms with van der Waals surface area (Å²) in [5.74, 6) is 0. The summed E-state index contributed by atoms with van der Waals surface area (Å²) in [4.78, 5) is 0. The Morgan fingerprint density at radius 3 is 0.214 bits per heavy atom. The van der Waals surface area contributed by atoms with E-state index in [1.54, 1.807) is 83.1 Å². The summed E-state index contributed by atoms with van der Waals surface area (Å²) >= 11 is 0. The molecule has 0 aromatic rings. The molecule has 0 atom stereocenters. The first-order valence-electron chi connectivity index (χ1n) is 17.0. The van der Waals surface area contributed by atoms with Crippen molar-refractivity contribution in [1.29, 1.82) is 0 Å². The standard InChI is InChI=1S/6C3H8O.6C3H8/c6*1-3(2)4;6*1-3-2/h6*3-4H,1-2H3;6*3H2,1-2H3. The van der Waals surface area contributed by atoms with Crippen molar-refractivity contribution in [3.05, 3.63) is 0 Å². The summed E-state index contributed by atoms with van der Waals surface area (Å²) in [5.41, 5.74) is 0. The first-order chi connectivity index (χ1) is 18.9. The second kappa shape index (κ2) is 114. The molecule has 0 saturated carbocycles. The van der Waals surface area contributed by atoms with E-state index >= 15 is 0 Å². The molecular formula is C36H96O6. The normalized spacial score (nSPS) is 7.71. The lowest BCUT2D eigenvalue weighted by molar-refractivity contribution is 0.215. The van der Waals surface area contributed by atoms with Gasteiger partial charge in [0.15, 0.2) is 0 Å². The van der Waals surface area contributed by atoms with Crippen molar-refractivity contribution in [1.82, 2.24) is 0 Å². The van der Waals surface area contributed by atoms with Gasteiger partial charge in [-0.1, -0.05) is 122 Å². The highest BCUT2D eigenvalue weighted by Gasteiger charge is 1.71. The average molecular weight is 625 g/mol. The van der Waals surface area contributed by atoms with Crippen LogP contribution in [0.3, 0.4) is 0 Å². The second-order valence-corrected chi connectivity index (χ2v) is 10.8. The van der Waals surface area contributed by atoms with Crippen LogP contribution in [0.1, 0.15) is 205 Å². The summed E-state index contributed by atoms with van der Waals surface area (Å²) in [6, 6.07) is 0. The van der Waals surface area contributed by atoms with E-state index in [-0.39, 0.29) is 36.6 Å². The van der Waals surface area contributed by atoms with Crippen molar-refractivity contribution in [2.75, 3.05) is 0 Å². The Morgan fingerprint density at radius 2 is 0.214 bits per heavy atom. The number of hydrogen-bond donors (Lipinski definition) is 6. The molecule has 0 fully saturated rings. The van der Waals surface area contributed by atoms with Gasteiger partial charge in [0.25, 0.3) is 0 Å². The van der Waals surface area contributed by atoms with Gasteiger partial charge in [0.05, 0.1) is 0 Å². The molecule has 0 heterocycles. The molecule has 0 bridgehead atoms. The van der Waals surface area contributed by atoms with E-state index < -0.39 is 0 Å². The average Bonchev–Trinajstić information content (AvgIpc) is 2.68. The number of aliphatic hydroxyl groups is 6. The molecule has 42 heavy (non-hydrogen) atoms. The van der Waals surface area contributed by atoms with E-state index in [0.29, 0.717) is 0 Å². The van der Waals surface area contributed by atoms with Gasteiger partial charge in [-0.3, -0.25) is 0 Å². The van der Waals surface area contributed by atoms with Gasteiger partial charge in [0.1, 0.15) is 0 Å². The minimum atomic E-state index is -0.167. The van der Waals surface area contributed by atoms with E-state index in [0.717, 1.165) is 0 Å². The smallest absolute Gasteiger partial charge is 0.0483 e. The van der Waals surface area contributed by atoms with Crippen LogP contribution in [0, 0.1) is 0 Å². The highest BCUT2D eigenvalue weighted by molar-refractivity contribution is 4.22. The zero-order valence-corrected chi connectivity index (χ0v) is 34.4. The zero-order chi connectivity index (χ0) is 37.7. The lowest BCUT2D eigenvalue weighted by Crippen LogP contribution is -1.85. The molecular weight excluding hydrogens is 528 g/mol. The van der Waals surface area contributed by atoms with Crippen LogP contribution in [0.2, 0.25) is 0 Å². The Hall–Kier alpha value is -0.240. The first-order valence-corrected chi connectivity index (χ1v) is 17.0. The van der Waals surface area contributed by atoms with Gasteiger partial charge in [-0.2, -0.15) is 0 Å². The summed E-state index contributed by atoms with van der Waals surface area (Å²) < 4.78 is 0. The van der Waals surface area contributed by atoms with Gasteiger partial charge in [0, 0.05) is 36.6 Å². The molecule has 0 spiro atoms. The fourth-order valence-corrected chi connectivity index (χ4v) is 0. The Kier molecular flexibility index (Phi) is 213. The van der Waals surface area contributed by atoms with Crippen molar-refractivity contribution in [2.45, 2.75) is 241 Å². The van der Waals surface area contributed by atoms with Crippen molar-refractivity contribution >= 4 is 0 Å².